The highest BCUT2D eigenvalue weighted by Crippen LogP contribution is 2.39. The van der Waals surface area contributed by atoms with Crippen LogP contribution in [-0.2, 0) is 4.74 Å². The molecule has 8 nitrogen and oxygen atoms in total. The molecule has 2 aliphatic rings. The summed E-state index contributed by atoms with van der Waals surface area (Å²) >= 11 is 0. The molecule has 42 heavy (non-hydrogen) atoms. The van der Waals surface area contributed by atoms with Crippen LogP contribution in [0.4, 0.5) is 0 Å². The number of hydrogen-bond donors (Lipinski definition) is 1. The number of methoxy groups -OCH3 is 1. The monoisotopic (exact) mass is 566 g/mol. The fraction of sp³-hybridized carbons (Fsp3) is 0.382. The summed E-state index contributed by atoms with van der Waals surface area (Å²) in [6, 6.07) is 16.9. The van der Waals surface area contributed by atoms with E-state index in [0.717, 1.165) is 49.7 Å². The quantitative estimate of drug-likeness (QED) is 0.234. The van der Waals surface area contributed by atoms with Gasteiger partial charge in [0.15, 0.2) is 11.4 Å². The van der Waals surface area contributed by atoms with Gasteiger partial charge in [0.1, 0.15) is 34.9 Å². The number of aromatic nitrogens is 1. The molecule has 216 valence electrons. The molecule has 0 spiro atoms. The lowest BCUT2D eigenvalue weighted by Gasteiger charge is -2.27. The summed E-state index contributed by atoms with van der Waals surface area (Å²) in [5.74, 6) is 1.64. The topological polar surface area (TPSA) is 115 Å². The van der Waals surface area contributed by atoms with Gasteiger partial charge >= 0.3 is 0 Å². The fourth-order valence-electron chi connectivity index (χ4n) is 6.01. The molecule has 0 bridgehead atoms. The molecule has 4 aromatic rings. The number of carbonyl (C=O) groups excluding carboxylic acids is 1. The van der Waals surface area contributed by atoms with Gasteiger partial charge in [-0.25, -0.2) is 0 Å². The third kappa shape index (κ3) is 5.76. The molecular formula is C34H34N2O6. The van der Waals surface area contributed by atoms with Gasteiger partial charge in [-0.3, -0.25) is 9.78 Å². The molecule has 6 rings (SSSR count). The van der Waals surface area contributed by atoms with Crippen molar-refractivity contribution in [1.82, 2.24) is 4.98 Å². The minimum absolute atomic E-state index is 0.000765. The number of aliphatic hydroxyl groups is 1. The maximum atomic E-state index is 13.1. The lowest BCUT2D eigenvalue weighted by Crippen LogP contribution is -2.26. The van der Waals surface area contributed by atoms with Crippen molar-refractivity contribution in [3.8, 4) is 40.0 Å². The Morgan fingerprint density at radius 1 is 1.02 bits per heavy atom. The van der Waals surface area contributed by atoms with E-state index in [1.165, 1.54) is 0 Å². The van der Waals surface area contributed by atoms with Gasteiger partial charge in [0.05, 0.1) is 37.6 Å². The normalized spacial score (nSPS) is 19.4. The van der Waals surface area contributed by atoms with Crippen molar-refractivity contribution in [3.63, 3.8) is 0 Å². The minimum Gasteiger partial charge on any atom is -0.496 e. The summed E-state index contributed by atoms with van der Waals surface area (Å²) in [7, 11) is 1.57. The number of ketones is 1. The summed E-state index contributed by atoms with van der Waals surface area (Å²) in [4.78, 5) is 17.6. The van der Waals surface area contributed by atoms with E-state index >= 15 is 0 Å². The number of ether oxygens (including phenoxy) is 3. The Labute approximate surface area is 244 Å². The largest absolute Gasteiger partial charge is 0.496 e. The number of benzene rings is 2. The van der Waals surface area contributed by atoms with Crippen LogP contribution in [0.3, 0.4) is 0 Å². The third-order valence-corrected chi connectivity index (χ3v) is 8.39. The van der Waals surface area contributed by atoms with E-state index in [2.05, 4.69) is 11.1 Å². The number of fused-ring (bicyclic) bond motifs is 1. The number of Topliss-reactive ketones (excluding diaryl/α,β-unsaturated/α-hetero) is 1. The Balaban J connectivity index is 1.28. The van der Waals surface area contributed by atoms with E-state index in [1.54, 1.807) is 25.4 Å². The summed E-state index contributed by atoms with van der Waals surface area (Å²) in [5.41, 5.74) is 4.58. The first kappa shape index (κ1) is 28.0. The van der Waals surface area contributed by atoms with Crippen molar-refractivity contribution in [2.24, 2.45) is 5.92 Å². The van der Waals surface area contributed by atoms with Gasteiger partial charge in [0.2, 0.25) is 0 Å². The second-order valence-corrected chi connectivity index (χ2v) is 11.1. The highest BCUT2D eigenvalue weighted by Gasteiger charge is 2.26. The molecule has 2 aromatic heterocycles. The van der Waals surface area contributed by atoms with Crippen molar-refractivity contribution in [1.29, 1.82) is 5.26 Å². The lowest BCUT2D eigenvalue weighted by molar-refractivity contribution is 0.0254. The number of aliphatic hydroxyl groups excluding tert-OH is 1. The number of nitrogens with zero attached hydrogens (tertiary/aromatic N) is 2. The predicted octanol–water partition coefficient (Wildman–Crippen LogP) is 6.72. The molecule has 1 saturated carbocycles. The number of carbonyl (C=O) groups is 1. The predicted molar refractivity (Wildman–Crippen MR) is 158 cm³/mol. The van der Waals surface area contributed by atoms with Crippen molar-refractivity contribution in [2.75, 3.05) is 20.3 Å². The van der Waals surface area contributed by atoms with Crippen LogP contribution in [-0.4, -0.2) is 48.4 Å². The van der Waals surface area contributed by atoms with Gasteiger partial charge in [-0.1, -0.05) is 25.0 Å². The number of pyridine rings is 1. The van der Waals surface area contributed by atoms with Crippen LogP contribution in [0.5, 0.6) is 11.5 Å². The highest BCUT2D eigenvalue weighted by atomic mass is 16.5. The van der Waals surface area contributed by atoms with Crippen LogP contribution in [0.15, 0.2) is 59.1 Å². The number of hydrogen-bond acceptors (Lipinski definition) is 8. The zero-order valence-corrected chi connectivity index (χ0v) is 23.7. The van der Waals surface area contributed by atoms with Crippen LogP contribution in [0.1, 0.15) is 60.9 Å². The van der Waals surface area contributed by atoms with Gasteiger partial charge in [0, 0.05) is 42.7 Å². The number of furan rings is 1. The van der Waals surface area contributed by atoms with Gasteiger partial charge < -0.3 is 23.7 Å². The zero-order chi connectivity index (χ0) is 29.1. The van der Waals surface area contributed by atoms with Gasteiger partial charge in [-0.15, -0.1) is 0 Å². The van der Waals surface area contributed by atoms with E-state index in [9.17, 15) is 15.2 Å². The molecule has 2 aromatic carbocycles. The molecule has 1 aliphatic heterocycles. The van der Waals surface area contributed by atoms with Crippen molar-refractivity contribution >= 4 is 16.9 Å². The van der Waals surface area contributed by atoms with Crippen LogP contribution in [0, 0.1) is 17.2 Å². The van der Waals surface area contributed by atoms with Crippen LogP contribution in [0.2, 0.25) is 0 Å². The summed E-state index contributed by atoms with van der Waals surface area (Å²) in [6.45, 7) is 1.32. The van der Waals surface area contributed by atoms with Crippen molar-refractivity contribution in [2.45, 2.75) is 57.2 Å². The Morgan fingerprint density at radius 3 is 2.64 bits per heavy atom. The highest BCUT2D eigenvalue weighted by molar-refractivity contribution is 5.98. The smallest absolute Gasteiger partial charge is 0.163 e. The van der Waals surface area contributed by atoms with E-state index in [0.29, 0.717) is 64.7 Å². The maximum absolute atomic E-state index is 13.1. The minimum atomic E-state index is -0.416. The fourth-order valence-corrected chi connectivity index (χ4v) is 6.01. The lowest BCUT2D eigenvalue weighted by atomic mass is 9.82. The number of nitriles is 1. The van der Waals surface area contributed by atoms with Crippen LogP contribution < -0.4 is 9.47 Å². The standard InChI is InChI=1S/C34H34N2O6/c1-39-32-18-23(30(38)17-22-4-2-3-5-29(22)37)6-8-27(32)33-19-28-34(42-33)26(10-13-36-28)21-7-9-31(24(16-21)20-35)41-25-11-14-40-15-12-25/h6-10,13,16,18-19,22,25,29,37H,2-5,11-12,14-15,17H2,1H3/t22-,29-/m1/s1. The summed E-state index contributed by atoms with van der Waals surface area (Å²) < 4.78 is 23.6. The molecule has 3 heterocycles. The third-order valence-electron chi connectivity index (χ3n) is 8.39. The van der Waals surface area contributed by atoms with Crippen molar-refractivity contribution < 1.29 is 28.5 Å². The Bertz CT molecular complexity index is 1630. The molecular weight excluding hydrogens is 532 g/mol. The second-order valence-electron chi connectivity index (χ2n) is 11.1. The number of rotatable bonds is 8. The first-order valence-electron chi connectivity index (χ1n) is 14.6. The van der Waals surface area contributed by atoms with Gasteiger partial charge in [-0.2, -0.15) is 5.26 Å². The molecule has 0 radical (unpaired) electrons. The molecule has 1 N–H and O–H groups in total. The second kappa shape index (κ2) is 12.4. The average Bonchev–Trinajstić information content (AvgIpc) is 3.47. The molecule has 2 atom stereocenters. The zero-order valence-electron chi connectivity index (χ0n) is 23.7. The average molecular weight is 567 g/mol. The van der Waals surface area contributed by atoms with Crippen LogP contribution in [0.25, 0.3) is 33.6 Å². The Kier molecular flexibility index (Phi) is 8.22. The molecule has 2 fully saturated rings. The van der Waals surface area contributed by atoms with Crippen molar-refractivity contribution in [3.05, 3.63) is 65.9 Å². The summed E-state index contributed by atoms with van der Waals surface area (Å²) in [5, 5.41) is 20.2. The molecule has 8 heteroatoms. The first-order chi connectivity index (χ1) is 20.5. The van der Waals surface area contributed by atoms with E-state index < -0.39 is 6.10 Å². The first-order valence-corrected chi connectivity index (χ1v) is 14.6. The van der Waals surface area contributed by atoms with E-state index in [1.807, 2.05) is 36.4 Å². The van der Waals surface area contributed by atoms with Gasteiger partial charge in [-0.05, 0) is 54.7 Å². The van der Waals surface area contributed by atoms with Crippen LogP contribution >= 0.6 is 0 Å². The summed E-state index contributed by atoms with van der Waals surface area (Å²) in [6.07, 6.45) is 6.95. The molecule has 0 amide bonds. The maximum Gasteiger partial charge on any atom is 0.163 e. The Hall–Kier alpha value is -4.19. The van der Waals surface area contributed by atoms with E-state index in [4.69, 9.17) is 18.6 Å². The van der Waals surface area contributed by atoms with E-state index in [-0.39, 0.29) is 17.8 Å². The van der Waals surface area contributed by atoms with Gasteiger partial charge in [0.25, 0.3) is 0 Å². The SMILES string of the molecule is COc1cc(C(=O)C[C@H]2CCCC[C@H]2O)ccc1-c1cc2nccc(-c3ccc(OC4CCOCC4)c(C#N)c3)c2o1. The molecule has 1 aliphatic carbocycles. The molecule has 1 saturated heterocycles. The molecule has 0 unspecified atom stereocenters. The Morgan fingerprint density at radius 2 is 1.86 bits per heavy atom.